The second kappa shape index (κ2) is 12.2. The van der Waals surface area contributed by atoms with E-state index in [1.807, 2.05) is 18.2 Å². The molecule has 1 aliphatic heterocycles. The number of benzene rings is 2. The van der Waals surface area contributed by atoms with Crippen LogP contribution in [0.15, 0.2) is 47.5 Å². The molecule has 0 spiro atoms. The van der Waals surface area contributed by atoms with Gasteiger partial charge in [0.05, 0.1) is 19.4 Å². The monoisotopic (exact) mass is 544 g/mol. The number of nitrogens with one attached hydrogen (secondary N) is 2. The molecule has 0 bridgehead atoms. The summed E-state index contributed by atoms with van der Waals surface area (Å²) in [5.74, 6) is 1.64. The summed E-state index contributed by atoms with van der Waals surface area (Å²) in [6, 6.07) is 14.4. The summed E-state index contributed by atoms with van der Waals surface area (Å²) in [5, 5.41) is 7.63. The number of anilines is 1. The minimum atomic E-state index is 0. The van der Waals surface area contributed by atoms with Gasteiger partial charge in [0, 0.05) is 44.9 Å². The van der Waals surface area contributed by atoms with E-state index in [0.717, 1.165) is 36.9 Å². The van der Waals surface area contributed by atoms with Gasteiger partial charge in [0.25, 0.3) is 0 Å². The number of hydrogen-bond acceptors (Lipinski definition) is 4. The van der Waals surface area contributed by atoms with E-state index in [1.165, 1.54) is 11.1 Å². The van der Waals surface area contributed by atoms with E-state index in [1.54, 1.807) is 21.3 Å². The zero-order valence-corrected chi connectivity index (χ0v) is 20.7. The zero-order chi connectivity index (χ0) is 20.6. The molecule has 2 aromatic carbocycles. The maximum atomic E-state index is 6.19. The first-order valence-corrected chi connectivity index (χ1v) is 10.1. The van der Waals surface area contributed by atoms with Crippen LogP contribution in [0.3, 0.4) is 0 Å². The Kier molecular flexibility index (Phi) is 10.0. The fraction of sp³-hybridized carbons (Fsp3) is 0.409. The van der Waals surface area contributed by atoms with Crippen molar-refractivity contribution in [3.05, 3.63) is 58.6 Å². The number of halogens is 2. The Bertz CT molecular complexity index is 832. The zero-order valence-electron chi connectivity index (χ0n) is 17.7. The molecule has 3 rings (SSSR count). The highest BCUT2D eigenvalue weighted by molar-refractivity contribution is 14.0. The lowest BCUT2D eigenvalue weighted by atomic mass is 10.1. The highest BCUT2D eigenvalue weighted by Crippen LogP contribution is 2.33. The SMILES string of the molecule is CN=C(NCc1ccc(COC)cc1)NC1CCN(c2cc(Cl)ccc2OC)C1.I. The summed E-state index contributed by atoms with van der Waals surface area (Å²) in [5.41, 5.74) is 3.40. The van der Waals surface area contributed by atoms with E-state index < -0.39 is 0 Å². The van der Waals surface area contributed by atoms with Gasteiger partial charge in [-0.3, -0.25) is 4.99 Å². The number of guanidine groups is 1. The van der Waals surface area contributed by atoms with Gasteiger partial charge in [0.15, 0.2) is 5.96 Å². The summed E-state index contributed by atoms with van der Waals surface area (Å²) < 4.78 is 10.7. The van der Waals surface area contributed by atoms with E-state index in [-0.39, 0.29) is 24.0 Å². The predicted molar refractivity (Wildman–Crippen MR) is 135 cm³/mol. The molecular formula is C22H30ClIN4O2. The minimum Gasteiger partial charge on any atom is -0.495 e. The molecule has 6 nitrogen and oxygen atoms in total. The van der Waals surface area contributed by atoms with E-state index >= 15 is 0 Å². The molecule has 0 saturated carbocycles. The van der Waals surface area contributed by atoms with Crippen molar-refractivity contribution in [2.75, 3.05) is 39.3 Å². The Morgan fingerprint density at radius 3 is 2.57 bits per heavy atom. The normalized spacial score (nSPS) is 16.2. The Labute approximate surface area is 201 Å². The molecule has 0 aromatic heterocycles. The number of aliphatic imine (C=N–C) groups is 1. The van der Waals surface area contributed by atoms with E-state index in [2.05, 4.69) is 44.8 Å². The van der Waals surface area contributed by atoms with E-state index in [0.29, 0.717) is 24.2 Å². The third kappa shape index (κ3) is 6.65. The van der Waals surface area contributed by atoms with Crippen molar-refractivity contribution in [3.63, 3.8) is 0 Å². The van der Waals surface area contributed by atoms with Crippen LogP contribution in [0, 0.1) is 0 Å². The number of rotatable bonds is 7. The molecule has 1 heterocycles. The second-order valence-corrected chi connectivity index (χ2v) is 7.50. The molecule has 0 radical (unpaired) electrons. The minimum absolute atomic E-state index is 0. The number of methoxy groups -OCH3 is 2. The molecule has 0 aliphatic carbocycles. The third-order valence-electron chi connectivity index (χ3n) is 5.03. The van der Waals surface area contributed by atoms with Gasteiger partial charge in [-0.05, 0) is 35.7 Å². The first-order chi connectivity index (χ1) is 14.1. The lowest BCUT2D eigenvalue weighted by Gasteiger charge is -2.22. The quantitative estimate of drug-likeness (QED) is 0.313. The standard InChI is InChI=1S/C22H29ClN4O2.HI/c1-24-22(25-13-16-4-6-17(7-5-16)15-28-2)26-19-10-11-27(14-19)20-12-18(23)8-9-21(20)29-3;/h4-9,12,19H,10-11,13-15H2,1-3H3,(H2,24,25,26);1H. The highest BCUT2D eigenvalue weighted by Gasteiger charge is 2.25. The summed E-state index contributed by atoms with van der Waals surface area (Å²) >= 11 is 6.19. The summed E-state index contributed by atoms with van der Waals surface area (Å²) in [4.78, 5) is 6.67. The smallest absolute Gasteiger partial charge is 0.191 e. The van der Waals surface area contributed by atoms with Crippen LogP contribution < -0.4 is 20.3 Å². The average Bonchev–Trinajstić information content (AvgIpc) is 3.20. The van der Waals surface area contributed by atoms with E-state index in [9.17, 15) is 0 Å². The Balaban J connectivity index is 0.00000320. The highest BCUT2D eigenvalue weighted by atomic mass is 127. The summed E-state index contributed by atoms with van der Waals surface area (Å²) in [6.07, 6.45) is 1.02. The first-order valence-electron chi connectivity index (χ1n) is 9.75. The molecular weight excluding hydrogens is 515 g/mol. The number of nitrogens with zero attached hydrogens (tertiary/aromatic N) is 2. The molecule has 1 atom stereocenters. The molecule has 1 saturated heterocycles. The van der Waals surface area contributed by atoms with Crippen LogP contribution in [-0.2, 0) is 17.9 Å². The van der Waals surface area contributed by atoms with Crippen LogP contribution in [0.2, 0.25) is 5.02 Å². The lowest BCUT2D eigenvalue weighted by molar-refractivity contribution is 0.185. The molecule has 1 fully saturated rings. The number of ether oxygens (including phenoxy) is 2. The Hall–Kier alpha value is -1.71. The fourth-order valence-corrected chi connectivity index (χ4v) is 3.67. The molecule has 30 heavy (non-hydrogen) atoms. The summed E-state index contributed by atoms with van der Waals surface area (Å²) in [6.45, 7) is 3.15. The van der Waals surface area contributed by atoms with Gasteiger partial charge in [-0.2, -0.15) is 0 Å². The van der Waals surface area contributed by atoms with Gasteiger partial charge in [-0.25, -0.2) is 0 Å². The molecule has 164 valence electrons. The van der Waals surface area contributed by atoms with Crippen molar-refractivity contribution < 1.29 is 9.47 Å². The second-order valence-electron chi connectivity index (χ2n) is 7.07. The number of hydrogen-bond donors (Lipinski definition) is 2. The van der Waals surface area contributed by atoms with Gasteiger partial charge < -0.3 is 25.0 Å². The van der Waals surface area contributed by atoms with E-state index in [4.69, 9.17) is 21.1 Å². The molecule has 1 unspecified atom stereocenters. The van der Waals surface area contributed by atoms with Crippen molar-refractivity contribution >= 4 is 47.2 Å². The van der Waals surface area contributed by atoms with Crippen LogP contribution in [0.25, 0.3) is 0 Å². The fourth-order valence-electron chi connectivity index (χ4n) is 3.50. The van der Waals surface area contributed by atoms with Gasteiger partial charge in [0.1, 0.15) is 5.75 Å². The largest absolute Gasteiger partial charge is 0.495 e. The topological polar surface area (TPSA) is 58.1 Å². The van der Waals surface area contributed by atoms with Gasteiger partial charge >= 0.3 is 0 Å². The van der Waals surface area contributed by atoms with Crippen LogP contribution in [0.1, 0.15) is 17.5 Å². The molecule has 8 heteroatoms. The predicted octanol–water partition coefficient (Wildman–Crippen LogP) is 4.06. The lowest BCUT2D eigenvalue weighted by Crippen LogP contribution is -2.44. The van der Waals surface area contributed by atoms with Crippen LogP contribution in [-0.4, -0.2) is 46.4 Å². The Morgan fingerprint density at radius 1 is 1.17 bits per heavy atom. The van der Waals surface area contributed by atoms with Crippen molar-refractivity contribution in [2.24, 2.45) is 4.99 Å². The molecule has 2 aromatic rings. The summed E-state index contributed by atoms with van der Waals surface area (Å²) in [7, 11) is 5.19. The van der Waals surface area contributed by atoms with Crippen molar-refractivity contribution in [1.82, 2.24) is 10.6 Å². The first kappa shape index (κ1) is 24.6. The molecule has 0 amide bonds. The third-order valence-corrected chi connectivity index (χ3v) is 5.26. The van der Waals surface area contributed by atoms with Gasteiger partial charge in [-0.1, -0.05) is 35.9 Å². The molecule has 2 N–H and O–H groups in total. The average molecular weight is 545 g/mol. The maximum absolute atomic E-state index is 6.19. The Morgan fingerprint density at radius 2 is 1.90 bits per heavy atom. The van der Waals surface area contributed by atoms with Crippen molar-refractivity contribution in [1.29, 1.82) is 0 Å². The van der Waals surface area contributed by atoms with Crippen molar-refractivity contribution in [3.8, 4) is 5.75 Å². The maximum Gasteiger partial charge on any atom is 0.191 e. The van der Waals surface area contributed by atoms with Crippen LogP contribution in [0.5, 0.6) is 5.75 Å². The van der Waals surface area contributed by atoms with Crippen LogP contribution in [0.4, 0.5) is 5.69 Å². The van der Waals surface area contributed by atoms with Crippen LogP contribution >= 0.6 is 35.6 Å². The molecule has 1 aliphatic rings. The van der Waals surface area contributed by atoms with Crippen molar-refractivity contribution in [2.45, 2.75) is 25.6 Å². The van der Waals surface area contributed by atoms with Gasteiger partial charge in [0.2, 0.25) is 0 Å². The van der Waals surface area contributed by atoms with Gasteiger partial charge in [-0.15, -0.1) is 24.0 Å².